The Morgan fingerprint density at radius 1 is 1.32 bits per heavy atom. The second-order valence-corrected chi connectivity index (χ2v) is 4.49. The lowest BCUT2D eigenvalue weighted by Crippen LogP contribution is -2.23. The van der Waals surface area contributed by atoms with Gasteiger partial charge < -0.3 is 16.2 Å². The average molecular weight is 303 g/mol. The van der Waals surface area contributed by atoms with Crippen molar-refractivity contribution in [1.29, 1.82) is 0 Å². The molecule has 0 aliphatic carbocycles. The minimum atomic E-state index is -1.27. The summed E-state index contributed by atoms with van der Waals surface area (Å²) in [6.45, 7) is 2.11. The number of carboxylic acid groups (broad SMARTS) is 1. The first-order valence-electron chi connectivity index (χ1n) is 6.52. The lowest BCUT2D eigenvalue weighted by molar-refractivity contribution is 0.0691. The number of hydrogen-bond donors (Lipinski definition) is 3. The molecule has 1 aromatic carbocycles. The highest BCUT2D eigenvalue weighted by Gasteiger charge is 2.17. The number of carbonyl (C=O) groups is 2. The zero-order valence-electron chi connectivity index (χ0n) is 11.8. The maximum absolute atomic E-state index is 14.1. The number of aromatic nitrogens is 1. The number of carboxylic acids is 1. The van der Waals surface area contributed by atoms with E-state index in [1.54, 1.807) is 6.92 Å². The summed E-state index contributed by atoms with van der Waals surface area (Å²) in [6.07, 6.45) is 0. The average Bonchev–Trinajstić information content (AvgIpc) is 2.47. The number of anilines is 1. The van der Waals surface area contributed by atoms with Crippen LogP contribution in [0, 0.1) is 5.82 Å². The Balaban J connectivity index is 2.49. The van der Waals surface area contributed by atoms with Crippen molar-refractivity contribution in [3.05, 3.63) is 47.4 Å². The van der Waals surface area contributed by atoms with Crippen LogP contribution in [-0.4, -0.2) is 28.5 Å². The van der Waals surface area contributed by atoms with Gasteiger partial charge in [0.25, 0.3) is 5.91 Å². The van der Waals surface area contributed by atoms with Crippen molar-refractivity contribution >= 4 is 17.7 Å². The number of nitrogens with one attached hydrogen (secondary N) is 1. The lowest BCUT2D eigenvalue weighted by atomic mass is 10.0. The number of amides is 1. The molecule has 22 heavy (non-hydrogen) atoms. The zero-order chi connectivity index (χ0) is 16.3. The number of nitrogen functional groups attached to an aromatic ring is 1. The molecule has 0 unspecified atom stereocenters. The number of rotatable bonds is 4. The van der Waals surface area contributed by atoms with E-state index in [1.807, 2.05) is 0 Å². The predicted octanol–water partition coefficient (Wildman–Crippen LogP) is 1.92. The molecule has 0 radical (unpaired) electrons. The Morgan fingerprint density at radius 2 is 2.05 bits per heavy atom. The van der Waals surface area contributed by atoms with E-state index < -0.39 is 17.7 Å². The fraction of sp³-hybridized carbons (Fsp3) is 0.133. The van der Waals surface area contributed by atoms with E-state index in [1.165, 1.54) is 24.3 Å². The second kappa shape index (κ2) is 6.21. The van der Waals surface area contributed by atoms with E-state index in [-0.39, 0.29) is 22.6 Å². The first kappa shape index (κ1) is 15.4. The molecule has 2 rings (SSSR count). The predicted molar refractivity (Wildman–Crippen MR) is 79.0 cm³/mol. The molecule has 1 heterocycles. The highest BCUT2D eigenvalue weighted by molar-refractivity contribution is 5.97. The van der Waals surface area contributed by atoms with Crippen LogP contribution in [0.2, 0.25) is 0 Å². The molecule has 6 nitrogen and oxygen atoms in total. The summed E-state index contributed by atoms with van der Waals surface area (Å²) in [5.74, 6) is -2.48. The molecule has 0 saturated carbocycles. The maximum Gasteiger partial charge on any atom is 0.355 e. The number of nitrogens with zero attached hydrogens (tertiary/aromatic N) is 1. The molecular weight excluding hydrogens is 289 g/mol. The molecule has 0 fully saturated rings. The summed E-state index contributed by atoms with van der Waals surface area (Å²) in [5.41, 5.74) is 5.62. The fourth-order valence-corrected chi connectivity index (χ4v) is 1.99. The molecule has 0 bridgehead atoms. The molecule has 0 atom stereocenters. The first-order valence-corrected chi connectivity index (χ1v) is 6.52. The SMILES string of the molecule is CCNC(=O)c1ccc(-c2ccc(N)nc2C(=O)O)cc1F. The van der Waals surface area contributed by atoms with Crippen LogP contribution in [0.15, 0.2) is 30.3 Å². The zero-order valence-corrected chi connectivity index (χ0v) is 11.8. The molecule has 7 heteroatoms. The Morgan fingerprint density at radius 3 is 2.64 bits per heavy atom. The van der Waals surface area contributed by atoms with Crippen LogP contribution in [0.1, 0.15) is 27.8 Å². The van der Waals surface area contributed by atoms with Crippen molar-refractivity contribution in [3.8, 4) is 11.1 Å². The minimum Gasteiger partial charge on any atom is -0.476 e. The van der Waals surface area contributed by atoms with Gasteiger partial charge in [-0.3, -0.25) is 4.79 Å². The molecule has 0 aliphatic rings. The Labute approximate surface area is 125 Å². The lowest BCUT2D eigenvalue weighted by Gasteiger charge is -2.09. The molecule has 0 spiro atoms. The van der Waals surface area contributed by atoms with Crippen LogP contribution in [0.5, 0.6) is 0 Å². The second-order valence-electron chi connectivity index (χ2n) is 4.49. The Hall–Kier alpha value is -2.96. The Bertz CT molecular complexity index is 747. The summed E-state index contributed by atoms with van der Waals surface area (Å²) >= 11 is 0. The number of carbonyl (C=O) groups excluding carboxylic acids is 1. The third-order valence-corrected chi connectivity index (χ3v) is 2.98. The number of aromatic carboxylic acids is 1. The van der Waals surface area contributed by atoms with Crippen molar-refractivity contribution in [2.45, 2.75) is 6.92 Å². The van der Waals surface area contributed by atoms with Gasteiger partial charge in [0, 0.05) is 12.1 Å². The molecule has 1 amide bonds. The molecule has 1 aromatic heterocycles. The summed E-state index contributed by atoms with van der Waals surface area (Å²) in [5, 5.41) is 11.7. The largest absolute Gasteiger partial charge is 0.476 e. The van der Waals surface area contributed by atoms with Gasteiger partial charge in [-0.2, -0.15) is 0 Å². The van der Waals surface area contributed by atoms with Gasteiger partial charge in [0.1, 0.15) is 11.6 Å². The standard InChI is InChI=1S/C15H14FN3O3/c1-2-18-14(20)10-4-3-8(7-11(10)16)9-5-6-12(17)19-13(9)15(21)22/h3-7H,2H2,1H3,(H2,17,19)(H,18,20)(H,21,22). The van der Waals surface area contributed by atoms with Crippen molar-refractivity contribution in [2.75, 3.05) is 12.3 Å². The van der Waals surface area contributed by atoms with Gasteiger partial charge in [-0.15, -0.1) is 0 Å². The van der Waals surface area contributed by atoms with Gasteiger partial charge in [0.05, 0.1) is 5.56 Å². The van der Waals surface area contributed by atoms with E-state index >= 15 is 0 Å². The summed E-state index contributed by atoms with van der Waals surface area (Å²) < 4.78 is 14.1. The molecule has 114 valence electrons. The van der Waals surface area contributed by atoms with Crippen LogP contribution >= 0.6 is 0 Å². The van der Waals surface area contributed by atoms with E-state index in [9.17, 15) is 14.0 Å². The summed E-state index contributed by atoms with van der Waals surface area (Å²) in [7, 11) is 0. The van der Waals surface area contributed by atoms with Gasteiger partial charge in [0.2, 0.25) is 0 Å². The Kier molecular flexibility index (Phi) is 4.36. The molecule has 0 aliphatic heterocycles. The number of nitrogens with two attached hydrogens (primary N) is 1. The third kappa shape index (κ3) is 3.03. The van der Waals surface area contributed by atoms with Crippen LogP contribution in [0.25, 0.3) is 11.1 Å². The van der Waals surface area contributed by atoms with Crippen LogP contribution in [0.4, 0.5) is 10.2 Å². The van der Waals surface area contributed by atoms with Gasteiger partial charge in [-0.05, 0) is 36.8 Å². The van der Waals surface area contributed by atoms with Crippen molar-refractivity contribution < 1.29 is 19.1 Å². The monoisotopic (exact) mass is 303 g/mol. The van der Waals surface area contributed by atoms with Gasteiger partial charge in [-0.1, -0.05) is 6.07 Å². The summed E-state index contributed by atoms with van der Waals surface area (Å²) in [6, 6.07) is 6.75. The maximum atomic E-state index is 14.1. The van der Waals surface area contributed by atoms with Crippen LogP contribution in [-0.2, 0) is 0 Å². The van der Waals surface area contributed by atoms with E-state index in [2.05, 4.69) is 10.3 Å². The minimum absolute atomic E-state index is 0.0561. The quantitative estimate of drug-likeness (QED) is 0.800. The van der Waals surface area contributed by atoms with E-state index in [0.717, 1.165) is 6.07 Å². The number of pyridine rings is 1. The highest BCUT2D eigenvalue weighted by Crippen LogP contribution is 2.25. The van der Waals surface area contributed by atoms with E-state index in [0.29, 0.717) is 12.1 Å². The number of benzene rings is 1. The van der Waals surface area contributed by atoms with Gasteiger partial charge >= 0.3 is 5.97 Å². The first-order chi connectivity index (χ1) is 10.4. The highest BCUT2D eigenvalue weighted by atomic mass is 19.1. The third-order valence-electron chi connectivity index (χ3n) is 2.98. The normalized spacial score (nSPS) is 10.3. The van der Waals surface area contributed by atoms with Gasteiger partial charge in [-0.25, -0.2) is 14.2 Å². The van der Waals surface area contributed by atoms with Crippen molar-refractivity contribution in [3.63, 3.8) is 0 Å². The van der Waals surface area contributed by atoms with E-state index in [4.69, 9.17) is 10.8 Å². The molecule has 4 N–H and O–H groups in total. The van der Waals surface area contributed by atoms with Crippen LogP contribution < -0.4 is 11.1 Å². The molecule has 0 saturated heterocycles. The molecule has 2 aromatic rings. The van der Waals surface area contributed by atoms with Crippen molar-refractivity contribution in [2.24, 2.45) is 0 Å². The van der Waals surface area contributed by atoms with Crippen LogP contribution in [0.3, 0.4) is 0 Å². The topological polar surface area (TPSA) is 105 Å². The number of hydrogen-bond acceptors (Lipinski definition) is 4. The molecular formula is C15H14FN3O3. The smallest absolute Gasteiger partial charge is 0.355 e. The fourth-order valence-electron chi connectivity index (χ4n) is 1.99. The van der Waals surface area contributed by atoms with Crippen molar-refractivity contribution in [1.82, 2.24) is 10.3 Å². The van der Waals surface area contributed by atoms with Gasteiger partial charge in [0.15, 0.2) is 5.69 Å². The summed E-state index contributed by atoms with van der Waals surface area (Å²) in [4.78, 5) is 26.6. The number of halogens is 1.